The van der Waals surface area contributed by atoms with E-state index in [4.69, 9.17) is 5.73 Å². The minimum absolute atomic E-state index is 0.103. The Morgan fingerprint density at radius 3 is 2.92 bits per heavy atom. The van der Waals surface area contributed by atoms with Gasteiger partial charge in [-0.05, 0) is 34.8 Å². The molecule has 2 nitrogen and oxygen atoms in total. The third-order valence-electron chi connectivity index (χ3n) is 2.00. The summed E-state index contributed by atoms with van der Waals surface area (Å²) in [6, 6.07) is 2.20. The van der Waals surface area contributed by atoms with E-state index >= 15 is 0 Å². The van der Waals surface area contributed by atoms with Gasteiger partial charge < -0.3 is 5.73 Å². The Morgan fingerprint density at radius 2 is 2.31 bits per heavy atom. The third-order valence-corrected chi connectivity index (χ3v) is 2.66. The third kappa shape index (κ3) is 2.78. The first-order valence-corrected chi connectivity index (χ1v) is 5.32. The average molecular weight is 243 g/mol. The van der Waals surface area contributed by atoms with Gasteiger partial charge in [-0.3, -0.25) is 0 Å². The molecule has 1 atom stereocenters. The molecule has 0 aliphatic carbocycles. The first kappa shape index (κ1) is 10.7. The standard InChI is InChI=1S/C10H15BrN2/c1-3-4-9(12)8-5-7(2)6-13-10(8)11/h5-6,9H,3-4,12H2,1-2H3/t9-/m1/s1. The predicted molar refractivity (Wildman–Crippen MR) is 58.5 cm³/mol. The molecule has 0 aliphatic rings. The van der Waals surface area contributed by atoms with Crippen molar-refractivity contribution in [2.45, 2.75) is 32.7 Å². The number of nitrogens with two attached hydrogens (primary N) is 1. The largest absolute Gasteiger partial charge is 0.324 e. The first-order chi connectivity index (χ1) is 6.15. The molecule has 0 saturated carbocycles. The number of rotatable bonds is 3. The smallest absolute Gasteiger partial charge is 0.110 e. The van der Waals surface area contributed by atoms with Crippen LogP contribution in [0, 0.1) is 6.92 Å². The summed E-state index contributed by atoms with van der Waals surface area (Å²) in [5.74, 6) is 0. The van der Waals surface area contributed by atoms with Crippen LogP contribution in [-0.4, -0.2) is 4.98 Å². The molecule has 1 heterocycles. The summed E-state index contributed by atoms with van der Waals surface area (Å²) in [5, 5.41) is 0. The molecule has 0 spiro atoms. The molecule has 1 aromatic rings. The summed E-state index contributed by atoms with van der Waals surface area (Å²) < 4.78 is 0.874. The number of hydrogen-bond donors (Lipinski definition) is 1. The molecule has 2 N–H and O–H groups in total. The molecule has 0 radical (unpaired) electrons. The molecule has 72 valence electrons. The lowest BCUT2D eigenvalue weighted by molar-refractivity contribution is 0.632. The van der Waals surface area contributed by atoms with Crippen LogP contribution in [0.4, 0.5) is 0 Å². The first-order valence-electron chi connectivity index (χ1n) is 4.52. The van der Waals surface area contributed by atoms with E-state index in [9.17, 15) is 0 Å². The molecule has 3 heteroatoms. The number of pyridine rings is 1. The minimum atomic E-state index is 0.103. The monoisotopic (exact) mass is 242 g/mol. The van der Waals surface area contributed by atoms with E-state index in [1.807, 2.05) is 13.1 Å². The number of aromatic nitrogens is 1. The number of halogens is 1. The summed E-state index contributed by atoms with van der Waals surface area (Å²) in [6.07, 6.45) is 3.94. The van der Waals surface area contributed by atoms with Crippen molar-refractivity contribution >= 4 is 15.9 Å². The Labute approximate surface area is 87.7 Å². The van der Waals surface area contributed by atoms with Crippen molar-refractivity contribution in [2.24, 2.45) is 5.73 Å². The Hall–Kier alpha value is -0.410. The fourth-order valence-electron chi connectivity index (χ4n) is 1.30. The fourth-order valence-corrected chi connectivity index (χ4v) is 1.81. The van der Waals surface area contributed by atoms with Gasteiger partial charge in [-0.15, -0.1) is 0 Å². The van der Waals surface area contributed by atoms with Crippen LogP contribution in [0.15, 0.2) is 16.9 Å². The minimum Gasteiger partial charge on any atom is -0.324 e. The molecule has 13 heavy (non-hydrogen) atoms. The highest BCUT2D eigenvalue weighted by Crippen LogP contribution is 2.23. The summed E-state index contributed by atoms with van der Waals surface area (Å²) in [4.78, 5) is 4.22. The molecule has 1 rings (SSSR count). The molecular formula is C10H15BrN2. The van der Waals surface area contributed by atoms with Gasteiger partial charge in [0.1, 0.15) is 4.60 Å². The van der Waals surface area contributed by atoms with Crippen LogP contribution < -0.4 is 5.73 Å². The zero-order chi connectivity index (χ0) is 9.84. The number of nitrogens with zero attached hydrogens (tertiary/aromatic N) is 1. The Balaban J connectivity index is 2.91. The summed E-state index contributed by atoms with van der Waals surface area (Å²) in [7, 11) is 0. The Morgan fingerprint density at radius 1 is 1.62 bits per heavy atom. The van der Waals surface area contributed by atoms with Crippen LogP contribution in [0.5, 0.6) is 0 Å². The Bertz CT molecular complexity index is 286. The molecule has 0 amide bonds. The van der Waals surface area contributed by atoms with Crippen LogP contribution >= 0.6 is 15.9 Å². The van der Waals surface area contributed by atoms with Crippen LogP contribution in [0.1, 0.15) is 36.9 Å². The topological polar surface area (TPSA) is 38.9 Å². The van der Waals surface area contributed by atoms with Crippen molar-refractivity contribution in [3.63, 3.8) is 0 Å². The van der Waals surface area contributed by atoms with E-state index in [1.54, 1.807) is 0 Å². The van der Waals surface area contributed by atoms with E-state index in [0.717, 1.165) is 28.6 Å². The maximum absolute atomic E-state index is 6.01. The van der Waals surface area contributed by atoms with E-state index in [0.29, 0.717) is 0 Å². The van der Waals surface area contributed by atoms with Gasteiger partial charge in [-0.2, -0.15) is 0 Å². The SMILES string of the molecule is CCC[C@@H](N)c1cc(C)cnc1Br. The summed E-state index contributed by atoms with van der Waals surface area (Å²) >= 11 is 3.41. The number of aryl methyl sites for hydroxylation is 1. The molecule has 0 unspecified atom stereocenters. The fraction of sp³-hybridized carbons (Fsp3) is 0.500. The molecule has 0 bridgehead atoms. The van der Waals surface area contributed by atoms with Crippen molar-refractivity contribution in [1.82, 2.24) is 4.98 Å². The van der Waals surface area contributed by atoms with Crippen LogP contribution in [0.25, 0.3) is 0 Å². The number of hydrogen-bond acceptors (Lipinski definition) is 2. The van der Waals surface area contributed by atoms with Crippen LogP contribution in [-0.2, 0) is 0 Å². The lowest BCUT2D eigenvalue weighted by atomic mass is 10.0. The lowest BCUT2D eigenvalue weighted by Gasteiger charge is -2.12. The van der Waals surface area contributed by atoms with E-state index in [-0.39, 0.29) is 6.04 Å². The van der Waals surface area contributed by atoms with E-state index < -0.39 is 0 Å². The predicted octanol–water partition coefficient (Wildman–Crippen LogP) is 2.95. The molecule has 1 aromatic heterocycles. The maximum Gasteiger partial charge on any atom is 0.110 e. The quantitative estimate of drug-likeness (QED) is 0.829. The van der Waals surface area contributed by atoms with Crippen molar-refractivity contribution in [2.75, 3.05) is 0 Å². The van der Waals surface area contributed by atoms with Gasteiger partial charge in [-0.1, -0.05) is 19.4 Å². The van der Waals surface area contributed by atoms with E-state index in [2.05, 4.69) is 33.9 Å². The molecular weight excluding hydrogens is 228 g/mol. The van der Waals surface area contributed by atoms with Crippen molar-refractivity contribution in [1.29, 1.82) is 0 Å². The van der Waals surface area contributed by atoms with Crippen LogP contribution in [0.3, 0.4) is 0 Å². The second kappa shape index (κ2) is 4.72. The Kier molecular flexibility index (Phi) is 3.88. The van der Waals surface area contributed by atoms with Crippen molar-refractivity contribution in [3.8, 4) is 0 Å². The second-order valence-corrected chi connectivity index (χ2v) is 4.04. The summed E-state index contributed by atoms with van der Waals surface area (Å²) in [6.45, 7) is 4.17. The zero-order valence-electron chi connectivity index (χ0n) is 8.05. The average Bonchev–Trinajstić information content (AvgIpc) is 2.09. The van der Waals surface area contributed by atoms with Crippen molar-refractivity contribution < 1.29 is 0 Å². The van der Waals surface area contributed by atoms with Gasteiger partial charge in [0.15, 0.2) is 0 Å². The summed E-state index contributed by atoms with van der Waals surface area (Å²) in [5.41, 5.74) is 8.28. The molecule has 0 aromatic carbocycles. The van der Waals surface area contributed by atoms with Gasteiger partial charge in [-0.25, -0.2) is 4.98 Å². The molecule has 0 saturated heterocycles. The van der Waals surface area contributed by atoms with Crippen molar-refractivity contribution in [3.05, 3.63) is 28.0 Å². The lowest BCUT2D eigenvalue weighted by Crippen LogP contribution is -2.11. The highest BCUT2D eigenvalue weighted by atomic mass is 79.9. The molecule has 0 fully saturated rings. The van der Waals surface area contributed by atoms with Crippen LogP contribution in [0.2, 0.25) is 0 Å². The van der Waals surface area contributed by atoms with E-state index in [1.165, 1.54) is 0 Å². The normalized spacial score (nSPS) is 12.9. The van der Waals surface area contributed by atoms with Gasteiger partial charge in [0.2, 0.25) is 0 Å². The van der Waals surface area contributed by atoms with Gasteiger partial charge in [0.25, 0.3) is 0 Å². The van der Waals surface area contributed by atoms with Gasteiger partial charge >= 0.3 is 0 Å². The second-order valence-electron chi connectivity index (χ2n) is 3.29. The highest BCUT2D eigenvalue weighted by Gasteiger charge is 2.09. The van der Waals surface area contributed by atoms with Gasteiger partial charge in [0.05, 0.1) is 0 Å². The highest BCUT2D eigenvalue weighted by molar-refractivity contribution is 9.10. The zero-order valence-corrected chi connectivity index (χ0v) is 9.63. The molecule has 0 aliphatic heterocycles. The maximum atomic E-state index is 6.01. The van der Waals surface area contributed by atoms with Gasteiger partial charge in [0, 0.05) is 17.8 Å².